The third kappa shape index (κ3) is 4.37. The van der Waals surface area contributed by atoms with Gasteiger partial charge in [-0.05, 0) is 23.8 Å². The fraction of sp³-hybridized carbons (Fsp3) is 0.391. The van der Waals surface area contributed by atoms with Crippen LogP contribution in [-0.4, -0.2) is 68.7 Å². The number of nitrogens with zero attached hydrogens (tertiary/aromatic N) is 3. The van der Waals surface area contributed by atoms with Gasteiger partial charge in [-0.3, -0.25) is 9.69 Å². The summed E-state index contributed by atoms with van der Waals surface area (Å²) in [5.41, 5.74) is 2.09. The molecule has 0 N–H and O–H groups in total. The van der Waals surface area contributed by atoms with Crippen LogP contribution in [0.5, 0.6) is 11.5 Å². The van der Waals surface area contributed by atoms with Crippen LogP contribution in [0.2, 0.25) is 0 Å². The summed E-state index contributed by atoms with van der Waals surface area (Å²) >= 11 is 1.44. The van der Waals surface area contributed by atoms with Gasteiger partial charge >= 0.3 is 0 Å². The van der Waals surface area contributed by atoms with Crippen molar-refractivity contribution in [2.24, 2.45) is 0 Å². The molecule has 1 aromatic carbocycles. The van der Waals surface area contributed by atoms with Gasteiger partial charge in [0.1, 0.15) is 9.71 Å². The lowest BCUT2D eigenvalue weighted by molar-refractivity contribution is -0.0324. The molecule has 1 aliphatic heterocycles. The van der Waals surface area contributed by atoms with Crippen molar-refractivity contribution < 1.29 is 19.0 Å². The fourth-order valence-corrected chi connectivity index (χ4v) is 5.11. The highest BCUT2D eigenvalue weighted by Crippen LogP contribution is 2.38. The van der Waals surface area contributed by atoms with Gasteiger partial charge in [0.2, 0.25) is 0 Å². The van der Waals surface area contributed by atoms with Gasteiger partial charge in [0.05, 0.1) is 26.9 Å². The Morgan fingerprint density at radius 3 is 2.81 bits per heavy atom. The normalized spacial score (nSPS) is 17.0. The number of aromatic nitrogens is 1. The number of hydrogen-bond donors (Lipinski definition) is 0. The summed E-state index contributed by atoms with van der Waals surface area (Å²) in [7, 11) is 6.83. The predicted octanol–water partition coefficient (Wildman–Crippen LogP) is 3.59. The van der Waals surface area contributed by atoms with Crippen molar-refractivity contribution >= 4 is 27.5 Å². The minimum Gasteiger partial charge on any atom is -0.493 e. The molecule has 0 radical (unpaired) electrons. The molecule has 0 saturated carbocycles. The van der Waals surface area contributed by atoms with E-state index in [0.29, 0.717) is 18.0 Å². The van der Waals surface area contributed by atoms with E-state index in [1.165, 1.54) is 11.3 Å². The lowest BCUT2D eigenvalue weighted by atomic mass is 10.0. The molecular weight excluding hydrogens is 414 g/mol. The number of carbonyl (C=O) groups is 1. The zero-order valence-corrected chi connectivity index (χ0v) is 19.1. The molecule has 1 amide bonds. The maximum atomic E-state index is 12.9. The molecule has 1 fully saturated rings. The monoisotopic (exact) mass is 441 g/mol. The van der Waals surface area contributed by atoms with Gasteiger partial charge in [0, 0.05) is 50.9 Å². The van der Waals surface area contributed by atoms with E-state index < -0.39 is 0 Å². The van der Waals surface area contributed by atoms with Gasteiger partial charge in [-0.15, -0.1) is 11.3 Å². The first kappa shape index (κ1) is 21.5. The largest absolute Gasteiger partial charge is 0.493 e. The molecule has 7 nitrogen and oxygen atoms in total. The van der Waals surface area contributed by atoms with E-state index in [9.17, 15) is 4.79 Å². The van der Waals surface area contributed by atoms with E-state index in [1.54, 1.807) is 39.4 Å². The second-order valence-corrected chi connectivity index (χ2v) is 8.68. The molecule has 1 atom stereocenters. The van der Waals surface area contributed by atoms with Crippen molar-refractivity contribution in [3.8, 4) is 11.5 Å². The highest BCUT2D eigenvalue weighted by atomic mass is 32.1. The molecule has 164 valence electrons. The Morgan fingerprint density at radius 2 is 2.06 bits per heavy atom. The lowest BCUT2D eigenvalue weighted by Crippen LogP contribution is -2.38. The standard InChI is InChI=1S/C23H27N3O4S/c1-25(2)23(27)21-20(16-6-5-9-24-22(16)31-21)19-14-26(10-11-30-19)13-15-7-8-17(28-3)18(12-15)29-4/h5-9,12,19H,10-11,13-14H2,1-4H3/t19-/m1/s1. The molecule has 3 aromatic rings. The summed E-state index contributed by atoms with van der Waals surface area (Å²) < 4.78 is 17.0. The number of methoxy groups -OCH3 is 2. The Morgan fingerprint density at radius 1 is 1.26 bits per heavy atom. The molecule has 2 aromatic heterocycles. The first-order chi connectivity index (χ1) is 15.0. The van der Waals surface area contributed by atoms with E-state index in [4.69, 9.17) is 14.2 Å². The predicted molar refractivity (Wildman–Crippen MR) is 121 cm³/mol. The van der Waals surface area contributed by atoms with Crippen LogP contribution >= 0.6 is 11.3 Å². The molecule has 0 spiro atoms. The van der Waals surface area contributed by atoms with Crippen LogP contribution < -0.4 is 9.47 Å². The Labute approximate surface area is 186 Å². The first-order valence-corrected chi connectivity index (χ1v) is 11.0. The fourth-order valence-electron chi connectivity index (χ4n) is 3.89. The molecule has 4 rings (SSSR count). The van der Waals surface area contributed by atoms with Crippen LogP contribution in [0.4, 0.5) is 0 Å². The average molecular weight is 442 g/mol. The number of amides is 1. The Hall–Kier alpha value is -2.68. The number of hydrogen-bond acceptors (Lipinski definition) is 7. The smallest absolute Gasteiger partial charge is 0.263 e. The van der Waals surface area contributed by atoms with Gasteiger partial charge in [-0.1, -0.05) is 12.1 Å². The van der Waals surface area contributed by atoms with Gasteiger partial charge in [-0.25, -0.2) is 4.98 Å². The van der Waals surface area contributed by atoms with Gasteiger partial charge < -0.3 is 19.1 Å². The van der Waals surface area contributed by atoms with Gasteiger partial charge in [0.15, 0.2) is 11.5 Å². The van der Waals surface area contributed by atoms with Crippen LogP contribution in [0, 0.1) is 0 Å². The Kier molecular flexibility index (Phi) is 6.41. The summed E-state index contributed by atoms with van der Waals surface area (Å²) in [6.07, 6.45) is 1.57. The second kappa shape index (κ2) is 9.21. The summed E-state index contributed by atoms with van der Waals surface area (Å²) in [6, 6.07) is 9.92. The zero-order valence-electron chi connectivity index (χ0n) is 18.3. The molecule has 1 aliphatic rings. The second-order valence-electron chi connectivity index (χ2n) is 7.68. The molecule has 3 heterocycles. The highest BCUT2D eigenvalue weighted by Gasteiger charge is 2.30. The van der Waals surface area contributed by atoms with Crippen LogP contribution in [0.25, 0.3) is 10.2 Å². The van der Waals surface area contributed by atoms with Crippen molar-refractivity contribution in [2.45, 2.75) is 12.6 Å². The third-order valence-corrected chi connectivity index (χ3v) is 6.55. The van der Waals surface area contributed by atoms with E-state index in [0.717, 1.165) is 45.9 Å². The number of thiophene rings is 1. The summed E-state index contributed by atoms with van der Waals surface area (Å²) in [5, 5.41) is 0.996. The minimum atomic E-state index is -0.189. The SMILES string of the molecule is COc1ccc(CN2CCO[C@@H](c3c(C(=O)N(C)C)sc4ncccc34)C2)cc1OC. The van der Waals surface area contributed by atoms with Crippen molar-refractivity contribution in [3.05, 3.63) is 52.5 Å². The first-order valence-electron chi connectivity index (χ1n) is 10.2. The van der Waals surface area contributed by atoms with E-state index in [2.05, 4.69) is 16.0 Å². The van der Waals surface area contributed by atoms with Gasteiger partial charge in [-0.2, -0.15) is 0 Å². The number of fused-ring (bicyclic) bond motifs is 1. The highest BCUT2D eigenvalue weighted by molar-refractivity contribution is 7.20. The maximum Gasteiger partial charge on any atom is 0.263 e. The summed E-state index contributed by atoms with van der Waals surface area (Å²) in [5.74, 6) is 1.42. The lowest BCUT2D eigenvalue weighted by Gasteiger charge is -2.33. The summed E-state index contributed by atoms with van der Waals surface area (Å²) in [4.78, 5) is 22.9. The van der Waals surface area contributed by atoms with Crippen LogP contribution in [0.1, 0.15) is 26.9 Å². The Bertz CT molecular complexity index is 1080. The van der Waals surface area contributed by atoms with E-state index in [-0.39, 0.29) is 12.0 Å². The number of morpholine rings is 1. The minimum absolute atomic E-state index is 0.0152. The quantitative estimate of drug-likeness (QED) is 0.583. The molecule has 31 heavy (non-hydrogen) atoms. The molecule has 0 unspecified atom stereocenters. The topological polar surface area (TPSA) is 64.1 Å². The number of benzene rings is 1. The molecule has 0 aliphatic carbocycles. The van der Waals surface area contributed by atoms with Crippen molar-refractivity contribution in [1.29, 1.82) is 0 Å². The van der Waals surface area contributed by atoms with E-state index in [1.807, 2.05) is 24.3 Å². The molecule has 8 heteroatoms. The van der Waals surface area contributed by atoms with Crippen molar-refractivity contribution in [2.75, 3.05) is 48.0 Å². The zero-order chi connectivity index (χ0) is 22.0. The van der Waals surface area contributed by atoms with Crippen molar-refractivity contribution in [1.82, 2.24) is 14.8 Å². The van der Waals surface area contributed by atoms with Crippen molar-refractivity contribution in [3.63, 3.8) is 0 Å². The average Bonchev–Trinajstić information content (AvgIpc) is 3.18. The van der Waals surface area contributed by atoms with Crippen LogP contribution in [0.15, 0.2) is 36.5 Å². The number of carbonyl (C=O) groups excluding carboxylic acids is 1. The van der Waals surface area contributed by atoms with Crippen LogP contribution in [0.3, 0.4) is 0 Å². The Balaban J connectivity index is 1.61. The van der Waals surface area contributed by atoms with Crippen LogP contribution in [-0.2, 0) is 11.3 Å². The number of ether oxygens (including phenoxy) is 3. The maximum absolute atomic E-state index is 12.9. The molecule has 1 saturated heterocycles. The number of rotatable bonds is 6. The molecular formula is C23H27N3O4S. The van der Waals surface area contributed by atoms with E-state index >= 15 is 0 Å². The van der Waals surface area contributed by atoms with Gasteiger partial charge in [0.25, 0.3) is 5.91 Å². The third-order valence-electron chi connectivity index (χ3n) is 5.43. The number of pyridine rings is 1. The molecule has 0 bridgehead atoms. The summed E-state index contributed by atoms with van der Waals surface area (Å²) in [6.45, 7) is 2.88.